The Balaban J connectivity index is 0. The number of halogens is 1. The lowest BCUT2D eigenvalue weighted by atomic mass is 9.69. The second kappa shape index (κ2) is 14.9. The summed E-state index contributed by atoms with van der Waals surface area (Å²) in [5.41, 5.74) is 4.38. The molecule has 1 aromatic heterocycles. The summed E-state index contributed by atoms with van der Waals surface area (Å²) >= 11 is 6.24. The molecule has 1 aromatic rings. The molecular weight excluding hydrogens is 438 g/mol. The van der Waals surface area contributed by atoms with Gasteiger partial charge in [-0.3, -0.25) is 4.98 Å². The lowest BCUT2D eigenvalue weighted by Gasteiger charge is -2.46. The van der Waals surface area contributed by atoms with Crippen LogP contribution in [0, 0.1) is 24.2 Å². The first-order valence-electron chi connectivity index (χ1n) is 11.1. The number of likely N-dealkylation sites (tertiary alicyclic amines) is 1. The number of rotatable bonds is 7. The molecule has 0 bridgehead atoms. The molecule has 0 saturated carbocycles. The predicted octanol–water partition coefficient (Wildman–Crippen LogP) is 3.51. The molecule has 6 nitrogen and oxygen atoms in total. The SMILES string of the molecule is C.Cc1ccncc1CN[C@@H](CN1CC[C@H](C2=CCC(Cl)C=C2)C(C)(C)C1)C(C)C.O.O.O. The van der Waals surface area contributed by atoms with Crippen LogP contribution in [-0.4, -0.2) is 57.4 Å². The molecule has 7 heteroatoms. The van der Waals surface area contributed by atoms with Gasteiger partial charge in [0.1, 0.15) is 0 Å². The molecule has 2 heterocycles. The summed E-state index contributed by atoms with van der Waals surface area (Å²) in [4.78, 5) is 6.96. The maximum atomic E-state index is 6.24. The van der Waals surface area contributed by atoms with Crippen molar-refractivity contribution in [2.75, 3.05) is 19.6 Å². The first-order valence-corrected chi connectivity index (χ1v) is 11.6. The van der Waals surface area contributed by atoms with Crippen molar-refractivity contribution in [1.29, 1.82) is 0 Å². The van der Waals surface area contributed by atoms with Crippen LogP contribution < -0.4 is 5.32 Å². The van der Waals surface area contributed by atoms with Crippen molar-refractivity contribution in [2.45, 2.75) is 72.9 Å². The number of aryl methyl sites for hydroxylation is 1. The molecule has 0 spiro atoms. The third-order valence-electron chi connectivity index (χ3n) is 6.75. The monoisotopic (exact) mass is 485 g/mol. The van der Waals surface area contributed by atoms with E-state index in [1.54, 1.807) is 0 Å². The highest BCUT2D eigenvalue weighted by molar-refractivity contribution is 6.22. The van der Waals surface area contributed by atoms with Gasteiger partial charge in [-0.25, -0.2) is 0 Å². The smallest absolute Gasteiger partial charge is 0.0553 e. The van der Waals surface area contributed by atoms with Gasteiger partial charge in [-0.2, -0.15) is 0 Å². The van der Waals surface area contributed by atoms with Gasteiger partial charge in [0, 0.05) is 38.1 Å². The Morgan fingerprint density at radius 1 is 1.24 bits per heavy atom. The van der Waals surface area contributed by atoms with E-state index in [1.807, 2.05) is 12.4 Å². The van der Waals surface area contributed by atoms with Crippen LogP contribution in [0.25, 0.3) is 0 Å². The van der Waals surface area contributed by atoms with Gasteiger partial charge in [-0.1, -0.05) is 53.3 Å². The van der Waals surface area contributed by atoms with Crippen LogP contribution >= 0.6 is 11.6 Å². The maximum absolute atomic E-state index is 6.24. The fourth-order valence-corrected chi connectivity index (χ4v) is 4.98. The van der Waals surface area contributed by atoms with Crippen molar-refractivity contribution < 1.29 is 16.4 Å². The molecular formula is C26H48ClN3O3. The van der Waals surface area contributed by atoms with Gasteiger partial charge in [0.05, 0.1) is 5.38 Å². The van der Waals surface area contributed by atoms with Gasteiger partial charge >= 0.3 is 0 Å². The quantitative estimate of drug-likeness (QED) is 0.594. The third-order valence-corrected chi connectivity index (χ3v) is 7.07. The summed E-state index contributed by atoms with van der Waals surface area (Å²) in [5.74, 6) is 1.22. The Morgan fingerprint density at radius 2 is 1.94 bits per heavy atom. The van der Waals surface area contributed by atoms with E-state index < -0.39 is 0 Å². The van der Waals surface area contributed by atoms with Crippen LogP contribution in [-0.2, 0) is 6.54 Å². The van der Waals surface area contributed by atoms with Gasteiger partial charge in [0.25, 0.3) is 0 Å². The minimum atomic E-state index is 0. The average Bonchev–Trinajstić information content (AvgIpc) is 2.66. The Labute approximate surface area is 206 Å². The van der Waals surface area contributed by atoms with Crippen molar-refractivity contribution in [3.05, 3.63) is 53.4 Å². The van der Waals surface area contributed by atoms with Crippen molar-refractivity contribution >= 4 is 11.6 Å². The lowest BCUT2D eigenvalue weighted by molar-refractivity contribution is 0.0630. The number of allylic oxidation sites excluding steroid dienone is 4. The van der Waals surface area contributed by atoms with Crippen molar-refractivity contribution in [1.82, 2.24) is 15.2 Å². The molecule has 1 aliphatic carbocycles. The summed E-state index contributed by atoms with van der Waals surface area (Å²) < 4.78 is 0. The van der Waals surface area contributed by atoms with E-state index in [2.05, 4.69) is 74.1 Å². The molecule has 3 atom stereocenters. The second-order valence-corrected chi connectivity index (χ2v) is 10.5. The van der Waals surface area contributed by atoms with E-state index in [0.29, 0.717) is 17.9 Å². The van der Waals surface area contributed by atoms with Gasteiger partial charge < -0.3 is 26.6 Å². The number of nitrogens with one attached hydrogen (secondary N) is 1. The van der Waals surface area contributed by atoms with Crippen molar-refractivity contribution in [2.24, 2.45) is 17.3 Å². The lowest BCUT2D eigenvalue weighted by Crippen LogP contribution is -2.51. The molecule has 33 heavy (non-hydrogen) atoms. The van der Waals surface area contributed by atoms with Crippen molar-refractivity contribution in [3.8, 4) is 0 Å². The number of piperidine rings is 1. The maximum Gasteiger partial charge on any atom is 0.0553 e. The highest BCUT2D eigenvalue weighted by Crippen LogP contribution is 2.41. The normalized spacial score (nSPS) is 22.7. The number of alkyl halides is 1. The van der Waals surface area contributed by atoms with Gasteiger partial charge in [0.2, 0.25) is 0 Å². The third kappa shape index (κ3) is 9.12. The second-order valence-electron chi connectivity index (χ2n) is 9.91. The summed E-state index contributed by atoms with van der Waals surface area (Å²) in [7, 11) is 0. The van der Waals surface area contributed by atoms with Crippen LogP contribution in [0.4, 0.5) is 0 Å². The molecule has 0 amide bonds. The molecule has 3 rings (SSSR count). The zero-order valence-corrected chi connectivity index (χ0v) is 21.0. The molecule has 1 aliphatic heterocycles. The van der Waals surface area contributed by atoms with Crippen LogP contribution in [0.5, 0.6) is 0 Å². The van der Waals surface area contributed by atoms with E-state index in [0.717, 1.165) is 26.1 Å². The fourth-order valence-electron chi connectivity index (χ4n) is 4.82. The first-order chi connectivity index (χ1) is 13.8. The summed E-state index contributed by atoms with van der Waals surface area (Å²) in [6.45, 7) is 16.0. The minimum absolute atomic E-state index is 0. The van der Waals surface area contributed by atoms with Crippen LogP contribution in [0.1, 0.15) is 59.1 Å². The average molecular weight is 486 g/mol. The molecule has 1 unspecified atom stereocenters. The van der Waals surface area contributed by atoms with Crippen LogP contribution in [0.2, 0.25) is 0 Å². The van der Waals surface area contributed by atoms with E-state index in [1.165, 1.54) is 29.7 Å². The zero-order valence-electron chi connectivity index (χ0n) is 20.3. The van der Waals surface area contributed by atoms with Crippen LogP contribution in [0.15, 0.2) is 42.3 Å². The molecule has 7 N–H and O–H groups in total. The van der Waals surface area contributed by atoms with Gasteiger partial charge in [-0.15, -0.1) is 11.6 Å². The predicted molar refractivity (Wildman–Crippen MR) is 142 cm³/mol. The largest absolute Gasteiger partial charge is 0.412 e. The highest BCUT2D eigenvalue weighted by atomic mass is 35.5. The zero-order chi connectivity index (χ0) is 21.0. The Morgan fingerprint density at radius 3 is 2.48 bits per heavy atom. The van der Waals surface area contributed by atoms with Gasteiger partial charge in [-0.05, 0) is 66.3 Å². The summed E-state index contributed by atoms with van der Waals surface area (Å²) in [5, 5.41) is 3.98. The number of hydrogen-bond acceptors (Lipinski definition) is 3. The molecule has 2 aliphatic rings. The summed E-state index contributed by atoms with van der Waals surface area (Å²) in [6.07, 6.45) is 12.9. The molecule has 1 fully saturated rings. The topological polar surface area (TPSA) is 123 Å². The number of aromatic nitrogens is 1. The summed E-state index contributed by atoms with van der Waals surface area (Å²) in [6, 6.07) is 2.57. The highest BCUT2D eigenvalue weighted by Gasteiger charge is 2.38. The number of pyridine rings is 1. The fraction of sp³-hybridized carbons (Fsp3) is 0.654. The van der Waals surface area contributed by atoms with Crippen LogP contribution in [0.3, 0.4) is 0 Å². The molecule has 1 saturated heterocycles. The van der Waals surface area contributed by atoms with E-state index in [9.17, 15) is 0 Å². The Kier molecular flexibility index (Phi) is 15.3. The standard InChI is InChI=1S/C25H38ClN3.CH4.3H2O/c1-18(2)24(28-15-21-14-27-12-10-19(21)3)16-29-13-11-23(25(4,5)17-29)20-6-8-22(26)9-7-20;;;;/h6-8,10,12,14,18,22-24,28H,9,11,13,15-17H2,1-5H3;1H4;3*1H2/t22?,23-,24+;;;;/m1..../s1. The molecule has 0 radical (unpaired) electrons. The van der Waals surface area contributed by atoms with Crippen molar-refractivity contribution in [3.63, 3.8) is 0 Å². The Bertz CT molecular complexity index is 752. The first kappa shape index (κ1) is 33.9. The molecule has 192 valence electrons. The van der Waals surface area contributed by atoms with Gasteiger partial charge in [0.15, 0.2) is 0 Å². The molecule has 0 aromatic carbocycles. The number of hydrogen-bond donors (Lipinski definition) is 1. The minimum Gasteiger partial charge on any atom is -0.412 e. The van der Waals surface area contributed by atoms with E-state index in [4.69, 9.17) is 11.6 Å². The van der Waals surface area contributed by atoms with E-state index >= 15 is 0 Å². The number of nitrogens with zero attached hydrogens (tertiary/aromatic N) is 2. The Hall–Kier alpha value is -1.28. The van der Waals surface area contributed by atoms with E-state index in [-0.39, 0.29) is 34.6 Å².